The van der Waals surface area contributed by atoms with E-state index >= 15 is 0 Å². The monoisotopic (exact) mass is 368 g/mol. The van der Waals surface area contributed by atoms with Crippen molar-refractivity contribution >= 4 is 18.3 Å². The fourth-order valence-corrected chi connectivity index (χ4v) is 2.32. The Labute approximate surface area is 144 Å². The van der Waals surface area contributed by atoms with E-state index in [2.05, 4.69) is 0 Å². The van der Waals surface area contributed by atoms with E-state index in [1.165, 1.54) is 18.2 Å². The minimum absolute atomic E-state index is 0. The van der Waals surface area contributed by atoms with Gasteiger partial charge in [-0.3, -0.25) is 4.79 Å². The van der Waals surface area contributed by atoms with E-state index in [9.17, 15) is 18.0 Å². The van der Waals surface area contributed by atoms with Gasteiger partial charge in [0.25, 0.3) is 5.91 Å². The average molecular weight is 369 g/mol. The number of ether oxygens (including phenoxy) is 2. The van der Waals surface area contributed by atoms with Gasteiger partial charge in [0.2, 0.25) is 0 Å². The van der Waals surface area contributed by atoms with Crippen molar-refractivity contribution in [2.45, 2.75) is 25.1 Å². The van der Waals surface area contributed by atoms with Crippen LogP contribution in [0.1, 0.15) is 12.8 Å². The second-order valence-corrected chi connectivity index (χ2v) is 5.38. The van der Waals surface area contributed by atoms with E-state index in [0.717, 1.165) is 12.8 Å². The third kappa shape index (κ3) is 6.45. The fourth-order valence-electron chi connectivity index (χ4n) is 2.32. The van der Waals surface area contributed by atoms with Gasteiger partial charge in [-0.05, 0) is 25.0 Å². The summed E-state index contributed by atoms with van der Waals surface area (Å²) in [5, 5.41) is 0. The van der Waals surface area contributed by atoms with Crippen LogP contribution in [0.4, 0.5) is 13.2 Å². The molecule has 1 saturated heterocycles. The van der Waals surface area contributed by atoms with Gasteiger partial charge in [0.15, 0.2) is 24.7 Å². The SMILES string of the molecule is Cl.NC1CCCN(C(=O)COc2ccccc2OCC(F)(F)F)C1. The Morgan fingerprint density at radius 1 is 1.25 bits per heavy atom. The topological polar surface area (TPSA) is 64.8 Å². The van der Waals surface area contributed by atoms with Crippen LogP contribution in [0.5, 0.6) is 11.5 Å². The average Bonchev–Trinajstić information content (AvgIpc) is 2.50. The quantitative estimate of drug-likeness (QED) is 0.866. The second kappa shape index (κ2) is 8.98. The summed E-state index contributed by atoms with van der Waals surface area (Å²) in [7, 11) is 0. The first-order valence-corrected chi connectivity index (χ1v) is 7.30. The Hall–Kier alpha value is -1.67. The van der Waals surface area contributed by atoms with Gasteiger partial charge in [-0.15, -0.1) is 12.4 Å². The lowest BCUT2D eigenvalue weighted by molar-refractivity contribution is -0.153. The summed E-state index contributed by atoms with van der Waals surface area (Å²) in [4.78, 5) is 13.7. The molecule has 24 heavy (non-hydrogen) atoms. The molecule has 2 rings (SSSR count). The normalized spacial score (nSPS) is 17.8. The van der Waals surface area contributed by atoms with Crippen molar-refractivity contribution in [2.75, 3.05) is 26.3 Å². The fraction of sp³-hybridized carbons (Fsp3) is 0.533. The van der Waals surface area contributed by atoms with Crippen molar-refractivity contribution in [1.82, 2.24) is 4.90 Å². The summed E-state index contributed by atoms with van der Waals surface area (Å²) in [6.45, 7) is -0.599. The van der Waals surface area contributed by atoms with Crippen LogP contribution in [0.25, 0.3) is 0 Å². The van der Waals surface area contributed by atoms with Gasteiger partial charge in [0.05, 0.1) is 0 Å². The van der Waals surface area contributed by atoms with Crippen molar-refractivity contribution in [2.24, 2.45) is 5.73 Å². The van der Waals surface area contributed by atoms with E-state index in [-0.39, 0.29) is 42.5 Å². The zero-order chi connectivity index (χ0) is 16.9. The maximum Gasteiger partial charge on any atom is 0.422 e. The molecule has 0 saturated carbocycles. The molecule has 1 unspecified atom stereocenters. The molecule has 1 aromatic rings. The molecule has 0 bridgehead atoms. The summed E-state index contributed by atoms with van der Waals surface area (Å²) in [5.74, 6) is -0.190. The predicted octanol–water partition coefficient (Wildman–Crippen LogP) is 2.38. The van der Waals surface area contributed by atoms with Crippen LogP contribution < -0.4 is 15.2 Å². The van der Waals surface area contributed by atoms with Gasteiger partial charge < -0.3 is 20.1 Å². The molecule has 0 radical (unpaired) electrons. The molecule has 2 N–H and O–H groups in total. The number of nitrogens with two attached hydrogens (primary N) is 1. The van der Waals surface area contributed by atoms with E-state index in [1.807, 2.05) is 0 Å². The van der Waals surface area contributed by atoms with E-state index in [0.29, 0.717) is 13.1 Å². The minimum Gasteiger partial charge on any atom is -0.480 e. The first-order chi connectivity index (χ1) is 10.8. The third-order valence-corrected chi connectivity index (χ3v) is 3.40. The molecule has 1 aromatic carbocycles. The zero-order valence-electron chi connectivity index (χ0n) is 12.9. The summed E-state index contributed by atoms with van der Waals surface area (Å²) in [6.07, 6.45) is -2.73. The Kier molecular flexibility index (Phi) is 7.62. The molecule has 5 nitrogen and oxygen atoms in total. The van der Waals surface area contributed by atoms with E-state index < -0.39 is 12.8 Å². The molecule has 1 heterocycles. The van der Waals surface area contributed by atoms with Crippen LogP contribution in [-0.2, 0) is 4.79 Å². The lowest BCUT2D eigenvalue weighted by atomic mass is 10.1. The number of amides is 1. The number of likely N-dealkylation sites (tertiary alicyclic amines) is 1. The molecule has 136 valence electrons. The van der Waals surface area contributed by atoms with Crippen molar-refractivity contribution < 1.29 is 27.4 Å². The first kappa shape index (κ1) is 20.4. The molecule has 0 aliphatic carbocycles. The molecule has 9 heteroatoms. The number of benzene rings is 1. The highest BCUT2D eigenvalue weighted by Crippen LogP contribution is 2.28. The van der Waals surface area contributed by atoms with Crippen LogP contribution in [0.3, 0.4) is 0 Å². The third-order valence-electron chi connectivity index (χ3n) is 3.40. The van der Waals surface area contributed by atoms with Crippen molar-refractivity contribution in [3.63, 3.8) is 0 Å². The smallest absolute Gasteiger partial charge is 0.422 e. The van der Waals surface area contributed by atoms with Crippen LogP contribution >= 0.6 is 12.4 Å². The maximum atomic E-state index is 12.2. The first-order valence-electron chi connectivity index (χ1n) is 7.30. The Bertz CT molecular complexity index is 543. The minimum atomic E-state index is -4.44. The maximum absolute atomic E-state index is 12.2. The molecule has 1 fully saturated rings. The zero-order valence-corrected chi connectivity index (χ0v) is 13.7. The second-order valence-electron chi connectivity index (χ2n) is 5.38. The van der Waals surface area contributed by atoms with Crippen LogP contribution in [-0.4, -0.2) is 49.3 Å². The van der Waals surface area contributed by atoms with Gasteiger partial charge in [-0.25, -0.2) is 0 Å². The van der Waals surface area contributed by atoms with Crippen molar-refractivity contribution in [1.29, 1.82) is 0 Å². The van der Waals surface area contributed by atoms with Gasteiger partial charge in [-0.2, -0.15) is 13.2 Å². The van der Waals surface area contributed by atoms with Crippen LogP contribution in [0, 0.1) is 0 Å². The Balaban J connectivity index is 0.00000288. The number of carbonyl (C=O) groups excluding carboxylic acids is 1. The van der Waals surface area contributed by atoms with Gasteiger partial charge in [0.1, 0.15) is 0 Å². The molecule has 0 spiro atoms. The summed E-state index contributed by atoms with van der Waals surface area (Å²) >= 11 is 0. The highest BCUT2D eigenvalue weighted by Gasteiger charge is 2.29. The number of halogens is 4. The predicted molar refractivity (Wildman–Crippen MR) is 84.5 cm³/mol. The molecule has 1 atom stereocenters. The molecule has 1 aliphatic heterocycles. The van der Waals surface area contributed by atoms with E-state index in [4.69, 9.17) is 15.2 Å². The largest absolute Gasteiger partial charge is 0.480 e. The summed E-state index contributed by atoms with van der Waals surface area (Å²) < 4.78 is 46.7. The molecular formula is C15H20ClF3N2O3. The summed E-state index contributed by atoms with van der Waals surface area (Å²) in [6, 6.07) is 5.90. The number of piperidine rings is 1. The van der Waals surface area contributed by atoms with Crippen molar-refractivity contribution in [3.8, 4) is 11.5 Å². The lowest BCUT2D eigenvalue weighted by Gasteiger charge is -2.30. The van der Waals surface area contributed by atoms with Crippen LogP contribution in [0.2, 0.25) is 0 Å². The number of para-hydroxylation sites is 2. The molecule has 1 aliphatic rings. The van der Waals surface area contributed by atoms with Gasteiger partial charge >= 0.3 is 6.18 Å². The van der Waals surface area contributed by atoms with E-state index in [1.54, 1.807) is 11.0 Å². The molecule has 0 aromatic heterocycles. The standard InChI is InChI=1S/C15H19F3N2O3.ClH/c16-15(17,18)10-23-13-6-2-1-5-12(13)22-9-14(21)20-7-3-4-11(19)8-20;/h1-2,5-6,11H,3-4,7-10,19H2;1H. The molecule has 1 amide bonds. The number of alkyl halides is 3. The number of hydrogen-bond donors (Lipinski definition) is 1. The summed E-state index contributed by atoms with van der Waals surface area (Å²) in [5.41, 5.74) is 5.81. The molecular weight excluding hydrogens is 349 g/mol. The van der Waals surface area contributed by atoms with Crippen molar-refractivity contribution in [3.05, 3.63) is 24.3 Å². The number of nitrogens with zero attached hydrogens (tertiary/aromatic N) is 1. The van der Waals surface area contributed by atoms with Gasteiger partial charge in [-0.1, -0.05) is 12.1 Å². The Morgan fingerprint density at radius 3 is 2.46 bits per heavy atom. The highest BCUT2D eigenvalue weighted by molar-refractivity contribution is 5.85. The number of hydrogen-bond acceptors (Lipinski definition) is 4. The number of rotatable bonds is 5. The van der Waals surface area contributed by atoms with Crippen LogP contribution in [0.15, 0.2) is 24.3 Å². The Morgan fingerprint density at radius 2 is 1.88 bits per heavy atom. The van der Waals surface area contributed by atoms with Gasteiger partial charge in [0, 0.05) is 19.1 Å². The number of carbonyl (C=O) groups is 1. The highest BCUT2D eigenvalue weighted by atomic mass is 35.5. The lowest BCUT2D eigenvalue weighted by Crippen LogP contribution is -2.47.